The van der Waals surface area contributed by atoms with Gasteiger partial charge >= 0.3 is 0 Å². The van der Waals surface area contributed by atoms with E-state index < -0.39 is 6.04 Å². The molecule has 2 aliphatic heterocycles. The fraction of sp³-hybridized carbons (Fsp3) is 0.600. The van der Waals surface area contributed by atoms with Gasteiger partial charge in [0.05, 0.1) is 11.1 Å². The third-order valence-electron chi connectivity index (χ3n) is 4.98. The second-order valence-electron chi connectivity index (χ2n) is 6.34. The number of fused-ring (bicyclic) bond motifs is 3. The van der Waals surface area contributed by atoms with Crippen molar-refractivity contribution in [3.8, 4) is 0 Å². The van der Waals surface area contributed by atoms with Crippen molar-refractivity contribution < 1.29 is 9.59 Å². The van der Waals surface area contributed by atoms with Crippen LogP contribution in [0.3, 0.4) is 0 Å². The zero-order valence-electron chi connectivity index (χ0n) is 12.5. The number of amides is 1. The Labute approximate surface area is 133 Å². The van der Waals surface area contributed by atoms with Crippen LogP contribution in [0.2, 0.25) is 0 Å². The summed E-state index contributed by atoms with van der Waals surface area (Å²) in [6, 6.07) is -0.421. The van der Waals surface area contributed by atoms with Gasteiger partial charge in [0.1, 0.15) is 11.9 Å². The molecule has 6 nitrogen and oxygen atoms in total. The van der Waals surface area contributed by atoms with E-state index in [0.29, 0.717) is 16.5 Å². The van der Waals surface area contributed by atoms with Gasteiger partial charge in [-0.3, -0.25) is 9.59 Å². The molecule has 1 saturated heterocycles. The normalized spacial score (nSPS) is 25.9. The summed E-state index contributed by atoms with van der Waals surface area (Å²) in [7, 11) is 0. The Hall–Kier alpha value is -1.63. The minimum Gasteiger partial charge on any atom is -0.347 e. The number of anilines is 1. The molecule has 0 bridgehead atoms. The van der Waals surface area contributed by atoms with E-state index in [4.69, 9.17) is 0 Å². The van der Waals surface area contributed by atoms with Crippen LogP contribution < -0.4 is 10.2 Å². The van der Waals surface area contributed by atoms with Crippen LogP contribution >= 0.6 is 11.8 Å². The molecule has 3 aliphatic rings. The molecule has 0 radical (unpaired) electrons. The summed E-state index contributed by atoms with van der Waals surface area (Å²) in [4.78, 5) is 35.6. The van der Waals surface area contributed by atoms with E-state index in [1.54, 1.807) is 6.20 Å². The van der Waals surface area contributed by atoms with E-state index in [1.807, 2.05) is 11.2 Å². The maximum Gasteiger partial charge on any atom is 0.243 e. The summed E-state index contributed by atoms with van der Waals surface area (Å²) < 4.78 is 0. The van der Waals surface area contributed by atoms with E-state index in [-0.39, 0.29) is 23.7 Å². The van der Waals surface area contributed by atoms with Crippen molar-refractivity contribution in [1.29, 1.82) is 0 Å². The van der Waals surface area contributed by atoms with Crippen LogP contribution in [0.15, 0.2) is 11.4 Å². The quantitative estimate of drug-likeness (QED) is 0.623. The first-order valence-electron chi connectivity index (χ1n) is 7.65. The number of hydrogen-bond donors (Lipinski definition) is 1. The van der Waals surface area contributed by atoms with E-state index in [1.165, 1.54) is 11.8 Å². The zero-order valence-corrected chi connectivity index (χ0v) is 13.3. The van der Waals surface area contributed by atoms with Gasteiger partial charge in [-0.1, -0.05) is 24.6 Å². The molecule has 1 unspecified atom stereocenters. The van der Waals surface area contributed by atoms with Crippen molar-refractivity contribution in [1.82, 2.24) is 15.3 Å². The molecule has 2 fully saturated rings. The maximum absolute atomic E-state index is 12.5. The number of Topliss-reactive ketones (excluding diaryl/α,β-unsaturated/α-hetero) is 1. The highest BCUT2D eigenvalue weighted by molar-refractivity contribution is 7.98. The predicted octanol–water partition coefficient (Wildman–Crippen LogP) is 1.40. The number of piperazine rings is 1. The Morgan fingerprint density at radius 1 is 1.36 bits per heavy atom. The zero-order chi connectivity index (χ0) is 15.3. The smallest absolute Gasteiger partial charge is 0.243 e. The lowest BCUT2D eigenvalue weighted by molar-refractivity contribution is -0.126. The van der Waals surface area contributed by atoms with E-state index in [0.717, 1.165) is 32.2 Å². The van der Waals surface area contributed by atoms with Crippen molar-refractivity contribution in [3.05, 3.63) is 11.8 Å². The second-order valence-corrected chi connectivity index (χ2v) is 7.12. The molecule has 1 aliphatic carbocycles. The number of hydrogen-bond acceptors (Lipinski definition) is 6. The van der Waals surface area contributed by atoms with E-state index in [9.17, 15) is 9.59 Å². The summed E-state index contributed by atoms with van der Waals surface area (Å²) in [5.41, 5.74) is 0.410. The molecule has 1 aromatic heterocycles. The van der Waals surface area contributed by atoms with Gasteiger partial charge in [-0.2, -0.15) is 0 Å². The van der Waals surface area contributed by atoms with Crippen LogP contribution in [-0.4, -0.2) is 46.0 Å². The first-order valence-corrected chi connectivity index (χ1v) is 8.87. The molecule has 1 saturated carbocycles. The van der Waals surface area contributed by atoms with Crippen molar-refractivity contribution in [3.63, 3.8) is 0 Å². The first kappa shape index (κ1) is 14.0. The topological polar surface area (TPSA) is 75.2 Å². The molecule has 1 aromatic rings. The highest BCUT2D eigenvalue weighted by Crippen LogP contribution is 2.39. The van der Waals surface area contributed by atoms with Crippen molar-refractivity contribution in [2.75, 3.05) is 17.7 Å². The molecule has 1 atom stereocenters. The van der Waals surface area contributed by atoms with Gasteiger partial charge < -0.3 is 10.2 Å². The van der Waals surface area contributed by atoms with E-state index >= 15 is 0 Å². The van der Waals surface area contributed by atoms with Crippen molar-refractivity contribution in [2.45, 2.75) is 48.8 Å². The molecule has 7 heteroatoms. The molecule has 116 valence electrons. The minimum atomic E-state index is -0.421. The fourth-order valence-electron chi connectivity index (χ4n) is 3.88. The SMILES string of the molecule is CSc1ncc2c(n1)N1CC3(CCCC3)NC(=O)C1CC2=O. The Balaban J connectivity index is 1.79. The Morgan fingerprint density at radius 3 is 2.86 bits per heavy atom. The first-order chi connectivity index (χ1) is 10.6. The summed E-state index contributed by atoms with van der Waals surface area (Å²) in [6.45, 7) is 0.745. The van der Waals surface area contributed by atoms with Gasteiger partial charge in [-0.25, -0.2) is 9.97 Å². The maximum atomic E-state index is 12.5. The Bertz CT molecular complexity index is 657. The highest BCUT2D eigenvalue weighted by atomic mass is 32.2. The minimum absolute atomic E-state index is 0.0311. The molecule has 4 rings (SSSR count). The van der Waals surface area contributed by atoms with Gasteiger partial charge in [0.2, 0.25) is 5.91 Å². The van der Waals surface area contributed by atoms with Crippen molar-refractivity contribution >= 4 is 29.3 Å². The van der Waals surface area contributed by atoms with Gasteiger partial charge in [0.25, 0.3) is 0 Å². The number of aromatic nitrogens is 2. The predicted molar refractivity (Wildman–Crippen MR) is 83.2 cm³/mol. The van der Waals surface area contributed by atoms with Crippen LogP contribution in [0.1, 0.15) is 42.5 Å². The lowest BCUT2D eigenvalue weighted by Gasteiger charge is -2.47. The second kappa shape index (κ2) is 4.94. The average molecular weight is 318 g/mol. The van der Waals surface area contributed by atoms with Gasteiger partial charge in [-0.15, -0.1) is 0 Å². The molecule has 1 N–H and O–H groups in total. The third kappa shape index (κ3) is 2.02. The Morgan fingerprint density at radius 2 is 2.14 bits per heavy atom. The number of rotatable bonds is 1. The molecule has 1 amide bonds. The molecule has 3 heterocycles. The molecule has 1 spiro atoms. The monoisotopic (exact) mass is 318 g/mol. The molecular weight excluding hydrogens is 300 g/mol. The number of thioether (sulfide) groups is 1. The summed E-state index contributed by atoms with van der Waals surface area (Å²) in [5, 5.41) is 3.83. The van der Waals surface area contributed by atoms with Crippen molar-refractivity contribution in [2.24, 2.45) is 0 Å². The number of carbonyl (C=O) groups is 2. The van der Waals surface area contributed by atoms with Gasteiger partial charge in [0, 0.05) is 19.2 Å². The number of nitrogens with one attached hydrogen (secondary N) is 1. The third-order valence-corrected chi connectivity index (χ3v) is 5.54. The molecule has 0 aromatic carbocycles. The van der Waals surface area contributed by atoms with Crippen LogP contribution in [0.25, 0.3) is 0 Å². The van der Waals surface area contributed by atoms with Crippen LogP contribution in [-0.2, 0) is 4.79 Å². The largest absolute Gasteiger partial charge is 0.347 e. The number of nitrogens with zero attached hydrogens (tertiary/aromatic N) is 3. The average Bonchev–Trinajstić information content (AvgIpc) is 2.96. The van der Waals surface area contributed by atoms with Crippen LogP contribution in [0.5, 0.6) is 0 Å². The standard InChI is InChI=1S/C15H18N4O2S/c1-22-14-16-7-9-11(20)6-10-13(21)18-15(4-2-3-5-15)8-19(10)12(9)17-14/h7,10H,2-6,8H2,1H3,(H,18,21). The molecule has 22 heavy (non-hydrogen) atoms. The van der Waals surface area contributed by atoms with Gasteiger partial charge in [-0.05, 0) is 19.1 Å². The van der Waals surface area contributed by atoms with E-state index in [2.05, 4.69) is 15.3 Å². The van der Waals surface area contributed by atoms with Crippen LogP contribution in [0, 0.1) is 0 Å². The van der Waals surface area contributed by atoms with Crippen LogP contribution in [0.4, 0.5) is 5.82 Å². The summed E-state index contributed by atoms with van der Waals surface area (Å²) in [5.74, 6) is 0.569. The number of ketones is 1. The summed E-state index contributed by atoms with van der Waals surface area (Å²) >= 11 is 1.45. The lowest BCUT2D eigenvalue weighted by Crippen LogP contribution is -2.68. The van der Waals surface area contributed by atoms with Gasteiger partial charge in [0.15, 0.2) is 10.9 Å². The number of carbonyl (C=O) groups excluding carboxylic acids is 2. The molecular formula is C15H18N4O2S. The fourth-order valence-corrected chi connectivity index (χ4v) is 4.21. The summed E-state index contributed by atoms with van der Waals surface area (Å²) in [6.07, 6.45) is 8.04. The lowest BCUT2D eigenvalue weighted by atomic mass is 9.87. The Kier molecular flexibility index (Phi) is 3.14. The highest BCUT2D eigenvalue weighted by Gasteiger charge is 2.49.